The van der Waals surface area contributed by atoms with Crippen LogP contribution in [-0.4, -0.2) is 33.0 Å². The standard InChI is InChI=1S/C13H13N3O2S2/c17-8-3-7(4-8)6-14-11(18)10-5-9-12(20-10)15-13-16(9)1-2-19-13/h1-2,5,7-8,17H,3-4,6H2,(H,14,18). The number of thiazole rings is 1. The molecule has 0 spiro atoms. The number of carbonyl (C=O) groups excluding carboxylic acids is 1. The van der Waals surface area contributed by atoms with Gasteiger partial charge in [0.05, 0.1) is 16.5 Å². The molecule has 3 aromatic rings. The second-order valence-corrected chi connectivity index (χ2v) is 7.07. The summed E-state index contributed by atoms with van der Waals surface area (Å²) in [5, 5.41) is 14.2. The maximum absolute atomic E-state index is 12.1. The third-order valence-electron chi connectivity index (χ3n) is 3.73. The first kappa shape index (κ1) is 12.3. The van der Waals surface area contributed by atoms with Crippen LogP contribution in [0.2, 0.25) is 0 Å². The number of hydrogen-bond acceptors (Lipinski definition) is 5. The second-order valence-electron chi connectivity index (χ2n) is 5.17. The maximum Gasteiger partial charge on any atom is 0.261 e. The molecule has 0 bridgehead atoms. The summed E-state index contributed by atoms with van der Waals surface area (Å²) in [6, 6.07) is 1.90. The van der Waals surface area contributed by atoms with Gasteiger partial charge in [-0.2, -0.15) is 0 Å². The Morgan fingerprint density at radius 1 is 1.55 bits per heavy atom. The summed E-state index contributed by atoms with van der Waals surface area (Å²) in [4.78, 5) is 19.2. The predicted octanol–water partition coefficient (Wildman–Crippen LogP) is 2.11. The van der Waals surface area contributed by atoms with Crippen LogP contribution in [-0.2, 0) is 0 Å². The molecule has 0 unspecified atom stereocenters. The molecule has 0 aromatic carbocycles. The van der Waals surface area contributed by atoms with Gasteiger partial charge in [-0.3, -0.25) is 9.20 Å². The molecule has 0 atom stereocenters. The summed E-state index contributed by atoms with van der Waals surface area (Å²) >= 11 is 3.02. The van der Waals surface area contributed by atoms with Crippen LogP contribution in [0.1, 0.15) is 22.5 Å². The van der Waals surface area contributed by atoms with Gasteiger partial charge >= 0.3 is 0 Å². The van der Waals surface area contributed by atoms with E-state index in [0.29, 0.717) is 17.3 Å². The number of aliphatic hydroxyl groups excluding tert-OH is 1. The van der Waals surface area contributed by atoms with Crippen molar-refractivity contribution in [3.8, 4) is 0 Å². The van der Waals surface area contributed by atoms with Crippen molar-refractivity contribution in [2.75, 3.05) is 6.54 Å². The highest BCUT2D eigenvalue weighted by Crippen LogP contribution is 2.29. The van der Waals surface area contributed by atoms with Crippen molar-refractivity contribution < 1.29 is 9.90 Å². The van der Waals surface area contributed by atoms with Crippen molar-refractivity contribution in [1.29, 1.82) is 0 Å². The molecule has 7 heteroatoms. The molecule has 0 aliphatic heterocycles. The molecule has 20 heavy (non-hydrogen) atoms. The highest BCUT2D eigenvalue weighted by Gasteiger charge is 2.27. The van der Waals surface area contributed by atoms with Crippen molar-refractivity contribution in [1.82, 2.24) is 14.7 Å². The summed E-state index contributed by atoms with van der Waals surface area (Å²) in [5.41, 5.74) is 0.996. The molecule has 104 valence electrons. The molecule has 1 saturated carbocycles. The number of aliphatic hydroxyl groups is 1. The van der Waals surface area contributed by atoms with Crippen LogP contribution >= 0.6 is 22.7 Å². The van der Waals surface area contributed by atoms with Gasteiger partial charge in [-0.1, -0.05) is 0 Å². The van der Waals surface area contributed by atoms with Gasteiger partial charge in [0.15, 0.2) is 4.96 Å². The fraction of sp³-hybridized carbons (Fsp3) is 0.385. The van der Waals surface area contributed by atoms with E-state index in [1.54, 1.807) is 11.3 Å². The number of amides is 1. The third-order valence-corrected chi connectivity index (χ3v) is 5.50. The normalized spacial score (nSPS) is 22.2. The topological polar surface area (TPSA) is 66.6 Å². The van der Waals surface area contributed by atoms with Crippen molar-refractivity contribution >= 4 is 43.9 Å². The van der Waals surface area contributed by atoms with Crippen LogP contribution < -0.4 is 5.32 Å². The Morgan fingerprint density at radius 2 is 2.40 bits per heavy atom. The lowest BCUT2D eigenvalue weighted by atomic mass is 9.82. The average molecular weight is 307 g/mol. The summed E-state index contributed by atoms with van der Waals surface area (Å²) in [7, 11) is 0. The number of nitrogens with zero attached hydrogens (tertiary/aromatic N) is 2. The predicted molar refractivity (Wildman–Crippen MR) is 79.5 cm³/mol. The molecule has 0 radical (unpaired) electrons. The zero-order valence-corrected chi connectivity index (χ0v) is 12.2. The van der Waals surface area contributed by atoms with E-state index < -0.39 is 0 Å². The van der Waals surface area contributed by atoms with Crippen LogP contribution in [0.4, 0.5) is 0 Å². The molecule has 1 fully saturated rings. The van der Waals surface area contributed by atoms with Gasteiger partial charge in [-0.05, 0) is 24.8 Å². The van der Waals surface area contributed by atoms with Gasteiger partial charge in [0.2, 0.25) is 0 Å². The Kier molecular flexibility index (Phi) is 2.80. The van der Waals surface area contributed by atoms with E-state index in [-0.39, 0.29) is 12.0 Å². The monoisotopic (exact) mass is 307 g/mol. The minimum Gasteiger partial charge on any atom is -0.393 e. The van der Waals surface area contributed by atoms with Crippen LogP contribution in [0.5, 0.6) is 0 Å². The summed E-state index contributed by atoms with van der Waals surface area (Å²) in [5.74, 6) is 0.377. The number of imidazole rings is 1. The van der Waals surface area contributed by atoms with Crippen molar-refractivity contribution in [3.63, 3.8) is 0 Å². The maximum atomic E-state index is 12.1. The van der Waals surface area contributed by atoms with E-state index >= 15 is 0 Å². The van der Waals surface area contributed by atoms with Crippen LogP contribution in [0.25, 0.3) is 15.3 Å². The van der Waals surface area contributed by atoms with Crippen LogP contribution in [0, 0.1) is 5.92 Å². The fourth-order valence-electron chi connectivity index (χ4n) is 2.55. The largest absolute Gasteiger partial charge is 0.393 e. The zero-order chi connectivity index (χ0) is 13.7. The molecule has 0 saturated heterocycles. The van der Waals surface area contributed by atoms with Crippen molar-refractivity contribution in [2.45, 2.75) is 18.9 Å². The number of thiophene rings is 1. The first-order valence-corrected chi connectivity index (χ1v) is 8.21. The number of aromatic nitrogens is 2. The summed E-state index contributed by atoms with van der Waals surface area (Å²) < 4.78 is 2.01. The summed E-state index contributed by atoms with van der Waals surface area (Å²) in [6.45, 7) is 0.645. The third kappa shape index (κ3) is 1.93. The van der Waals surface area contributed by atoms with E-state index in [0.717, 1.165) is 28.1 Å². The number of fused-ring (bicyclic) bond motifs is 3. The molecule has 4 rings (SSSR count). The van der Waals surface area contributed by atoms with E-state index in [2.05, 4.69) is 10.3 Å². The van der Waals surface area contributed by atoms with Gasteiger partial charge in [0, 0.05) is 18.1 Å². The molecule has 5 nitrogen and oxygen atoms in total. The minimum atomic E-state index is -0.172. The van der Waals surface area contributed by atoms with Crippen molar-refractivity contribution in [3.05, 3.63) is 22.5 Å². The summed E-state index contributed by atoms with van der Waals surface area (Å²) in [6.07, 6.45) is 3.39. The molecule has 1 aliphatic rings. The lowest BCUT2D eigenvalue weighted by molar-refractivity contribution is 0.0420. The van der Waals surface area contributed by atoms with Crippen LogP contribution in [0.3, 0.4) is 0 Å². The van der Waals surface area contributed by atoms with E-state index in [1.807, 2.05) is 22.0 Å². The Bertz CT molecular complexity index is 782. The Labute approximate surface area is 122 Å². The lowest BCUT2D eigenvalue weighted by Gasteiger charge is -2.31. The average Bonchev–Trinajstić information content (AvgIpc) is 3.03. The number of rotatable bonds is 3. The van der Waals surface area contributed by atoms with Gasteiger partial charge < -0.3 is 10.4 Å². The van der Waals surface area contributed by atoms with E-state index in [1.165, 1.54) is 11.3 Å². The molecule has 3 aromatic heterocycles. The van der Waals surface area contributed by atoms with Gasteiger partial charge in [0.1, 0.15) is 4.83 Å². The van der Waals surface area contributed by atoms with Crippen molar-refractivity contribution in [2.24, 2.45) is 5.92 Å². The van der Waals surface area contributed by atoms with Gasteiger partial charge in [-0.15, -0.1) is 22.7 Å². The van der Waals surface area contributed by atoms with E-state index in [9.17, 15) is 9.90 Å². The molecule has 3 heterocycles. The SMILES string of the molecule is O=C(NCC1CC(O)C1)c1cc2c(nc3sccn32)s1. The molecular formula is C13H13N3O2S2. The lowest BCUT2D eigenvalue weighted by Crippen LogP contribution is -2.38. The second kappa shape index (κ2) is 4.54. The number of carbonyl (C=O) groups is 1. The molecular weight excluding hydrogens is 294 g/mol. The Balaban J connectivity index is 1.52. The highest BCUT2D eigenvalue weighted by molar-refractivity contribution is 7.21. The Morgan fingerprint density at radius 3 is 3.20 bits per heavy atom. The number of hydrogen-bond donors (Lipinski definition) is 2. The minimum absolute atomic E-state index is 0.0432. The van der Waals surface area contributed by atoms with Crippen LogP contribution in [0.15, 0.2) is 17.6 Å². The van der Waals surface area contributed by atoms with Gasteiger partial charge in [-0.25, -0.2) is 4.98 Å². The zero-order valence-electron chi connectivity index (χ0n) is 10.6. The van der Waals surface area contributed by atoms with E-state index in [4.69, 9.17) is 0 Å². The first-order valence-electron chi connectivity index (χ1n) is 6.52. The molecule has 2 N–H and O–H groups in total. The smallest absolute Gasteiger partial charge is 0.261 e. The quantitative estimate of drug-likeness (QED) is 0.779. The Hall–Kier alpha value is -1.44. The molecule has 1 aliphatic carbocycles. The van der Waals surface area contributed by atoms with Gasteiger partial charge in [0.25, 0.3) is 5.91 Å². The number of nitrogens with one attached hydrogen (secondary N) is 1. The molecule has 1 amide bonds. The highest BCUT2D eigenvalue weighted by atomic mass is 32.1. The fourth-order valence-corrected chi connectivity index (χ4v) is 4.27. The first-order chi connectivity index (χ1) is 9.70.